The summed E-state index contributed by atoms with van der Waals surface area (Å²) in [5, 5.41) is 11.5. The van der Waals surface area contributed by atoms with Crippen molar-refractivity contribution < 1.29 is 9.90 Å². The van der Waals surface area contributed by atoms with Crippen LogP contribution in [0, 0.1) is 17.8 Å². The number of hydrogen-bond acceptors (Lipinski definition) is 2. The summed E-state index contributed by atoms with van der Waals surface area (Å²) in [7, 11) is 0. The van der Waals surface area contributed by atoms with Crippen molar-refractivity contribution in [3.8, 4) is 11.8 Å². The first-order valence-electron chi connectivity index (χ1n) is 6.26. The Kier molecular flexibility index (Phi) is 4.38. The van der Waals surface area contributed by atoms with Crippen LogP contribution in [0.15, 0.2) is 24.3 Å². The minimum atomic E-state index is 0.0955. The highest BCUT2D eigenvalue weighted by molar-refractivity contribution is 5.80. The van der Waals surface area contributed by atoms with E-state index in [1.807, 2.05) is 24.3 Å². The van der Waals surface area contributed by atoms with Crippen molar-refractivity contribution >= 4 is 5.91 Å². The zero-order valence-electron chi connectivity index (χ0n) is 10.3. The summed E-state index contributed by atoms with van der Waals surface area (Å²) in [5.74, 6) is 6.27. The molecule has 18 heavy (non-hydrogen) atoms. The molecule has 0 aliphatic heterocycles. The Morgan fingerprint density at radius 1 is 1.33 bits per heavy atom. The van der Waals surface area contributed by atoms with Crippen LogP contribution in [0.25, 0.3) is 0 Å². The van der Waals surface area contributed by atoms with Gasteiger partial charge in [0.05, 0.1) is 6.61 Å². The van der Waals surface area contributed by atoms with Crippen LogP contribution >= 0.6 is 0 Å². The van der Waals surface area contributed by atoms with Gasteiger partial charge >= 0.3 is 0 Å². The predicted octanol–water partition coefficient (Wildman–Crippen LogP) is 1.45. The number of nitrogens with one attached hydrogen (secondary N) is 1. The molecule has 0 unspecified atom stereocenters. The molecule has 2 N–H and O–H groups in total. The summed E-state index contributed by atoms with van der Waals surface area (Å²) in [4.78, 5) is 11.5. The molecule has 0 saturated heterocycles. The van der Waals surface area contributed by atoms with E-state index < -0.39 is 0 Å². The third-order valence-electron chi connectivity index (χ3n) is 2.84. The van der Waals surface area contributed by atoms with Gasteiger partial charge in [-0.05, 0) is 30.5 Å². The summed E-state index contributed by atoms with van der Waals surface area (Å²) >= 11 is 0. The van der Waals surface area contributed by atoms with Crippen molar-refractivity contribution in [2.75, 3.05) is 6.61 Å². The van der Waals surface area contributed by atoms with Crippen LogP contribution in [0.3, 0.4) is 0 Å². The van der Waals surface area contributed by atoms with Gasteiger partial charge in [0.1, 0.15) is 0 Å². The first-order valence-corrected chi connectivity index (χ1v) is 6.26. The van der Waals surface area contributed by atoms with Crippen molar-refractivity contribution in [2.45, 2.75) is 25.8 Å². The normalized spacial score (nSPS) is 13.6. The minimum Gasteiger partial charge on any atom is -0.395 e. The van der Waals surface area contributed by atoms with Crippen molar-refractivity contribution in [1.82, 2.24) is 5.32 Å². The molecule has 1 aromatic carbocycles. The Hall–Kier alpha value is -1.79. The molecule has 3 nitrogen and oxygen atoms in total. The number of hydrogen-bond donors (Lipinski definition) is 2. The molecule has 2 rings (SSSR count). The summed E-state index contributed by atoms with van der Waals surface area (Å²) in [6.45, 7) is 0.679. The van der Waals surface area contributed by atoms with E-state index >= 15 is 0 Å². The van der Waals surface area contributed by atoms with Crippen LogP contribution in [-0.4, -0.2) is 17.6 Å². The van der Waals surface area contributed by atoms with Crippen LogP contribution in [0.4, 0.5) is 0 Å². The molecule has 0 radical (unpaired) electrons. The third kappa shape index (κ3) is 3.90. The molecule has 3 heteroatoms. The Labute approximate surface area is 107 Å². The van der Waals surface area contributed by atoms with E-state index in [-0.39, 0.29) is 18.4 Å². The SMILES string of the molecule is O=C(NCc1ccc(C#CCCO)cc1)C1CC1. The molecule has 1 saturated carbocycles. The molecule has 1 aliphatic rings. The largest absolute Gasteiger partial charge is 0.395 e. The zero-order valence-corrected chi connectivity index (χ0v) is 10.3. The van der Waals surface area contributed by atoms with E-state index in [1.165, 1.54) is 0 Å². The first-order chi connectivity index (χ1) is 8.79. The van der Waals surface area contributed by atoms with E-state index in [2.05, 4.69) is 17.2 Å². The number of amides is 1. The smallest absolute Gasteiger partial charge is 0.223 e. The van der Waals surface area contributed by atoms with Crippen molar-refractivity contribution in [3.63, 3.8) is 0 Å². The van der Waals surface area contributed by atoms with Gasteiger partial charge in [0.2, 0.25) is 5.91 Å². The number of carbonyl (C=O) groups is 1. The first kappa shape index (κ1) is 12.7. The molecule has 1 aromatic rings. The van der Waals surface area contributed by atoms with Crippen molar-refractivity contribution in [2.24, 2.45) is 5.92 Å². The molecule has 0 atom stereocenters. The second-order valence-electron chi connectivity index (χ2n) is 4.46. The number of rotatable bonds is 4. The van der Waals surface area contributed by atoms with E-state index in [0.29, 0.717) is 13.0 Å². The molecule has 1 amide bonds. The van der Waals surface area contributed by atoms with Gasteiger partial charge < -0.3 is 10.4 Å². The second-order valence-corrected chi connectivity index (χ2v) is 4.46. The molecule has 1 fully saturated rings. The van der Waals surface area contributed by atoms with Gasteiger partial charge in [0.25, 0.3) is 0 Å². The Morgan fingerprint density at radius 3 is 2.67 bits per heavy atom. The molecule has 0 spiro atoms. The lowest BCUT2D eigenvalue weighted by molar-refractivity contribution is -0.122. The summed E-state index contributed by atoms with van der Waals surface area (Å²) in [5.41, 5.74) is 2.01. The third-order valence-corrected chi connectivity index (χ3v) is 2.84. The standard InChI is InChI=1S/C15H17NO2/c17-10-2-1-3-12-4-6-13(7-5-12)11-16-15(18)14-8-9-14/h4-7,14,17H,2,8-11H2,(H,16,18). The number of aliphatic hydroxyl groups is 1. The molecular weight excluding hydrogens is 226 g/mol. The maximum atomic E-state index is 11.5. The minimum absolute atomic E-state index is 0.0955. The van der Waals surface area contributed by atoms with Crippen LogP contribution in [0.1, 0.15) is 30.4 Å². The maximum Gasteiger partial charge on any atom is 0.223 e. The molecule has 0 bridgehead atoms. The molecule has 94 valence electrons. The van der Waals surface area contributed by atoms with Gasteiger partial charge in [0.15, 0.2) is 0 Å². The van der Waals surface area contributed by atoms with Gasteiger partial charge in [-0.3, -0.25) is 4.79 Å². The highest BCUT2D eigenvalue weighted by Gasteiger charge is 2.29. The number of aliphatic hydroxyl groups excluding tert-OH is 1. The van der Waals surface area contributed by atoms with Gasteiger partial charge in [-0.1, -0.05) is 24.0 Å². The molecule has 1 aliphatic carbocycles. The van der Waals surface area contributed by atoms with Gasteiger partial charge in [-0.15, -0.1) is 0 Å². The van der Waals surface area contributed by atoms with Crippen LogP contribution in [0.2, 0.25) is 0 Å². The summed E-state index contributed by atoms with van der Waals surface area (Å²) in [6.07, 6.45) is 2.57. The molecular formula is C15H17NO2. The monoisotopic (exact) mass is 243 g/mol. The van der Waals surface area contributed by atoms with E-state index in [1.54, 1.807) is 0 Å². The average molecular weight is 243 g/mol. The molecule has 0 heterocycles. The Bertz CT molecular complexity index is 464. The number of carbonyl (C=O) groups excluding carboxylic acids is 1. The fourth-order valence-corrected chi connectivity index (χ4v) is 1.61. The maximum absolute atomic E-state index is 11.5. The van der Waals surface area contributed by atoms with Crippen LogP contribution < -0.4 is 5.32 Å². The predicted molar refractivity (Wildman–Crippen MR) is 69.6 cm³/mol. The highest BCUT2D eigenvalue weighted by Crippen LogP contribution is 2.28. The van der Waals surface area contributed by atoms with Gasteiger partial charge in [-0.25, -0.2) is 0 Å². The number of benzene rings is 1. The van der Waals surface area contributed by atoms with Gasteiger partial charge in [-0.2, -0.15) is 0 Å². The highest BCUT2D eigenvalue weighted by atomic mass is 16.2. The fourth-order valence-electron chi connectivity index (χ4n) is 1.61. The quantitative estimate of drug-likeness (QED) is 0.786. The van der Waals surface area contributed by atoms with E-state index in [9.17, 15) is 4.79 Å². The molecule has 0 aromatic heterocycles. The summed E-state index contributed by atoms with van der Waals surface area (Å²) < 4.78 is 0. The lowest BCUT2D eigenvalue weighted by Gasteiger charge is -2.04. The van der Waals surface area contributed by atoms with Crippen LogP contribution in [-0.2, 0) is 11.3 Å². The fraction of sp³-hybridized carbons (Fsp3) is 0.400. The van der Waals surface area contributed by atoms with Crippen molar-refractivity contribution in [1.29, 1.82) is 0 Å². The topological polar surface area (TPSA) is 49.3 Å². The zero-order chi connectivity index (χ0) is 12.8. The lowest BCUT2D eigenvalue weighted by Crippen LogP contribution is -2.24. The Balaban J connectivity index is 1.83. The van der Waals surface area contributed by atoms with E-state index in [4.69, 9.17) is 5.11 Å². The van der Waals surface area contributed by atoms with Crippen LogP contribution in [0.5, 0.6) is 0 Å². The summed E-state index contributed by atoms with van der Waals surface area (Å²) in [6, 6.07) is 7.80. The van der Waals surface area contributed by atoms with Crippen molar-refractivity contribution in [3.05, 3.63) is 35.4 Å². The Morgan fingerprint density at radius 2 is 2.06 bits per heavy atom. The lowest BCUT2D eigenvalue weighted by atomic mass is 10.1. The second kappa shape index (κ2) is 6.23. The van der Waals surface area contributed by atoms with Gasteiger partial charge in [0, 0.05) is 24.4 Å². The van der Waals surface area contributed by atoms with E-state index in [0.717, 1.165) is 24.0 Å². The average Bonchev–Trinajstić information content (AvgIpc) is 3.22.